The summed E-state index contributed by atoms with van der Waals surface area (Å²) in [5.74, 6) is -1.23. The predicted molar refractivity (Wildman–Crippen MR) is 117 cm³/mol. The number of hydrogen-bond donors (Lipinski definition) is 3. The summed E-state index contributed by atoms with van der Waals surface area (Å²) in [4.78, 5) is 41.0. The highest BCUT2D eigenvalue weighted by Crippen LogP contribution is 2.36. The van der Waals surface area contributed by atoms with Crippen LogP contribution in [-0.4, -0.2) is 48.1 Å². The van der Waals surface area contributed by atoms with Crippen LogP contribution in [0.15, 0.2) is 33.6 Å². The van der Waals surface area contributed by atoms with Gasteiger partial charge in [0.2, 0.25) is 5.16 Å². The van der Waals surface area contributed by atoms with Crippen molar-refractivity contribution in [2.75, 3.05) is 10.6 Å². The minimum Gasteiger partial charge on any atom is -0.476 e. The monoisotopic (exact) mass is 473 g/mol. The molecular formula is C19H19N7O4S2. The summed E-state index contributed by atoms with van der Waals surface area (Å²) in [6, 6.07) is 6.23. The fraction of sp³-hybridized carbons (Fsp3) is 0.316. The van der Waals surface area contributed by atoms with E-state index >= 15 is 0 Å². The zero-order valence-corrected chi connectivity index (χ0v) is 18.6. The van der Waals surface area contributed by atoms with Gasteiger partial charge in [-0.2, -0.15) is 0 Å². The molecule has 0 saturated heterocycles. The van der Waals surface area contributed by atoms with Gasteiger partial charge in [0.25, 0.3) is 0 Å². The maximum absolute atomic E-state index is 12.8. The number of Topliss-reactive ketones (excluding diaryl/α,β-unsaturated/α-hetero) is 1. The quantitative estimate of drug-likeness (QED) is 0.437. The Labute approximate surface area is 190 Å². The number of nitrogens with zero attached hydrogens (tertiary/aromatic N) is 5. The Morgan fingerprint density at radius 3 is 2.62 bits per heavy atom. The standard InChI is InChI=1S/C19H19N7O4S2/c1-26-19(23-24-25-26)32-16-13(15(28)29)21-18(31-16)22-17(30)20-12-9-5-4-8-11(12)14(27)10-6-2-3-7-10/h4-5,8-10H,2-3,6-7H2,1H3,(H,28,29)(H2,20,21,22,30). The summed E-state index contributed by atoms with van der Waals surface area (Å²) in [7, 11) is 1.63. The van der Waals surface area contributed by atoms with E-state index < -0.39 is 12.0 Å². The highest BCUT2D eigenvalue weighted by atomic mass is 32.2. The molecule has 32 heavy (non-hydrogen) atoms. The molecule has 0 radical (unpaired) electrons. The van der Waals surface area contributed by atoms with Gasteiger partial charge in [0.1, 0.15) is 4.21 Å². The molecule has 0 spiro atoms. The fourth-order valence-electron chi connectivity index (χ4n) is 3.42. The Kier molecular flexibility index (Phi) is 6.46. The van der Waals surface area contributed by atoms with Gasteiger partial charge >= 0.3 is 12.0 Å². The molecule has 1 aliphatic carbocycles. The van der Waals surface area contributed by atoms with Gasteiger partial charge in [-0.1, -0.05) is 36.3 Å². The van der Waals surface area contributed by atoms with Crippen molar-refractivity contribution < 1.29 is 19.5 Å². The van der Waals surface area contributed by atoms with Crippen LogP contribution in [0.3, 0.4) is 0 Å². The van der Waals surface area contributed by atoms with Crippen molar-refractivity contribution in [2.45, 2.75) is 35.0 Å². The van der Waals surface area contributed by atoms with Gasteiger partial charge in [-0.05, 0) is 47.2 Å². The average Bonchev–Trinajstić information content (AvgIpc) is 3.51. The number of amides is 2. The minimum atomic E-state index is -1.24. The molecule has 166 valence electrons. The normalized spacial score (nSPS) is 13.8. The molecule has 11 nitrogen and oxygen atoms in total. The number of para-hydroxylation sites is 1. The molecule has 1 fully saturated rings. The molecule has 2 heterocycles. The first-order chi connectivity index (χ1) is 15.4. The Bertz CT molecular complexity index is 1170. The summed E-state index contributed by atoms with van der Waals surface area (Å²) in [6.07, 6.45) is 3.79. The smallest absolute Gasteiger partial charge is 0.356 e. The Morgan fingerprint density at radius 2 is 1.94 bits per heavy atom. The van der Waals surface area contributed by atoms with Crippen molar-refractivity contribution >= 4 is 51.7 Å². The number of carbonyl (C=O) groups is 3. The first-order valence-corrected chi connectivity index (χ1v) is 11.4. The molecule has 3 aromatic rings. The maximum atomic E-state index is 12.8. The number of anilines is 2. The van der Waals surface area contributed by atoms with Crippen LogP contribution >= 0.6 is 23.1 Å². The topological polar surface area (TPSA) is 152 Å². The average molecular weight is 474 g/mol. The highest BCUT2D eigenvalue weighted by molar-refractivity contribution is 8.01. The zero-order valence-electron chi connectivity index (χ0n) is 16.9. The van der Waals surface area contributed by atoms with Gasteiger partial charge in [-0.3, -0.25) is 10.1 Å². The van der Waals surface area contributed by atoms with Crippen LogP contribution < -0.4 is 10.6 Å². The number of hydrogen-bond acceptors (Lipinski definition) is 9. The lowest BCUT2D eigenvalue weighted by molar-refractivity contribution is 0.0687. The van der Waals surface area contributed by atoms with Crippen molar-refractivity contribution in [1.82, 2.24) is 25.2 Å². The number of nitrogens with one attached hydrogen (secondary N) is 2. The number of carbonyl (C=O) groups excluding carboxylic acids is 2. The van der Waals surface area contributed by atoms with Crippen LogP contribution in [0.5, 0.6) is 0 Å². The fourth-order valence-corrected chi connectivity index (χ4v) is 5.37. The van der Waals surface area contributed by atoms with E-state index in [1.54, 1.807) is 31.3 Å². The number of carboxylic acids is 1. The molecular weight excluding hydrogens is 454 g/mol. The number of aromatic carboxylic acids is 1. The van der Waals surface area contributed by atoms with E-state index in [1.807, 2.05) is 0 Å². The lowest BCUT2D eigenvalue weighted by Gasteiger charge is -2.13. The number of thiazole rings is 1. The van der Waals surface area contributed by atoms with Crippen molar-refractivity contribution in [3.8, 4) is 0 Å². The third-order valence-corrected chi connectivity index (χ3v) is 7.12. The molecule has 0 bridgehead atoms. The molecule has 1 aromatic carbocycles. The second kappa shape index (κ2) is 9.44. The van der Waals surface area contributed by atoms with Gasteiger partial charge in [-0.25, -0.2) is 19.3 Å². The predicted octanol–water partition coefficient (Wildman–Crippen LogP) is 3.53. The van der Waals surface area contributed by atoms with E-state index in [4.69, 9.17) is 0 Å². The van der Waals surface area contributed by atoms with Gasteiger partial charge < -0.3 is 10.4 Å². The second-order valence-electron chi connectivity index (χ2n) is 7.12. The van der Waals surface area contributed by atoms with Crippen molar-refractivity contribution in [3.05, 3.63) is 35.5 Å². The van der Waals surface area contributed by atoms with Gasteiger partial charge in [-0.15, -0.1) is 5.10 Å². The first kappa shape index (κ1) is 21.9. The third-order valence-electron chi connectivity index (χ3n) is 4.95. The lowest BCUT2D eigenvalue weighted by atomic mass is 9.95. The molecule has 1 aliphatic rings. The lowest BCUT2D eigenvalue weighted by Crippen LogP contribution is -2.22. The van der Waals surface area contributed by atoms with Crippen molar-refractivity contribution in [3.63, 3.8) is 0 Å². The number of rotatable bonds is 7. The largest absolute Gasteiger partial charge is 0.476 e. The van der Waals surface area contributed by atoms with E-state index in [-0.39, 0.29) is 22.5 Å². The number of ketones is 1. The van der Waals surface area contributed by atoms with Gasteiger partial charge in [0.15, 0.2) is 16.6 Å². The molecule has 0 unspecified atom stereocenters. The van der Waals surface area contributed by atoms with Crippen molar-refractivity contribution in [1.29, 1.82) is 0 Å². The van der Waals surface area contributed by atoms with E-state index in [2.05, 4.69) is 31.1 Å². The van der Waals surface area contributed by atoms with Crippen LogP contribution in [0.1, 0.15) is 46.5 Å². The molecule has 4 rings (SSSR count). The van der Waals surface area contributed by atoms with Crippen LogP contribution in [-0.2, 0) is 7.05 Å². The minimum absolute atomic E-state index is 0.0206. The summed E-state index contributed by atoms with van der Waals surface area (Å²) in [6.45, 7) is 0. The first-order valence-electron chi connectivity index (χ1n) is 9.78. The van der Waals surface area contributed by atoms with E-state index in [1.165, 1.54) is 4.68 Å². The van der Waals surface area contributed by atoms with Gasteiger partial charge in [0, 0.05) is 18.5 Å². The third kappa shape index (κ3) is 4.78. The van der Waals surface area contributed by atoms with Gasteiger partial charge in [0.05, 0.1) is 5.69 Å². The number of carboxylic acid groups (broad SMARTS) is 1. The molecule has 13 heteroatoms. The summed E-state index contributed by atoms with van der Waals surface area (Å²) in [5.41, 5.74) is 0.651. The van der Waals surface area contributed by atoms with E-state index in [9.17, 15) is 19.5 Å². The highest BCUT2D eigenvalue weighted by Gasteiger charge is 2.26. The summed E-state index contributed by atoms with van der Waals surface area (Å²) in [5, 5.41) is 26.2. The Hall–Kier alpha value is -3.32. The molecule has 2 aromatic heterocycles. The number of tetrazole rings is 1. The zero-order chi connectivity index (χ0) is 22.7. The molecule has 2 amide bonds. The molecule has 1 saturated carbocycles. The summed E-state index contributed by atoms with van der Waals surface area (Å²) < 4.78 is 1.72. The van der Waals surface area contributed by atoms with E-state index in [0.717, 1.165) is 48.8 Å². The molecule has 0 atom stereocenters. The summed E-state index contributed by atoms with van der Waals surface area (Å²) >= 11 is 2.02. The number of aromatic nitrogens is 5. The van der Waals surface area contributed by atoms with Crippen molar-refractivity contribution in [2.24, 2.45) is 13.0 Å². The second-order valence-corrected chi connectivity index (χ2v) is 9.35. The Morgan fingerprint density at radius 1 is 1.19 bits per heavy atom. The van der Waals surface area contributed by atoms with Crippen LogP contribution in [0, 0.1) is 5.92 Å². The van der Waals surface area contributed by atoms with Crippen LogP contribution in [0.25, 0.3) is 0 Å². The molecule has 0 aliphatic heterocycles. The Balaban J connectivity index is 1.49. The molecule has 3 N–H and O–H groups in total. The number of urea groups is 1. The maximum Gasteiger partial charge on any atom is 0.356 e. The van der Waals surface area contributed by atoms with Crippen LogP contribution in [0.4, 0.5) is 15.6 Å². The number of benzene rings is 1. The SMILES string of the molecule is Cn1nnnc1Sc1sc(NC(=O)Nc2ccccc2C(=O)C2CCCC2)nc1C(=O)O. The number of aryl methyl sites for hydroxylation is 1. The van der Waals surface area contributed by atoms with Crippen LogP contribution in [0.2, 0.25) is 0 Å². The van der Waals surface area contributed by atoms with E-state index in [0.29, 0.717) is 20.6 Å².